The van der Waals surface area contributed by atoms with E-state index in [2.05, 4.69) is 20.9 Å². The Bertz CT molecular complexity index is 757. The van der Waals surface area contributed by atoms with E-state index in [0.29, 0.717) is 10.3 Å². The lowest BCUT2D eigenvalue weighted by molar-refractivity contribution is 0.820. The monoisotopic (exact) mass is 277 g/mol. The highest BCUT2D eigenvalue weighted by atomic mass is 79.9. The van der Waals surface area contributed by atoms with Crippen LogP contribution in [-0.2, 0) is 7.05 Å². The summed E-state index contributed by atoms with van der Waals surface area (Å²) in [4.78, 5) is 16.3. The van der Waals surface area contributed by atoms with Crippen LogP contribution in [0.1, 0.15) is 0 Å². The third kappa shape index (κ3) is 1.09. The van der Waals surface area contributed by atoms with Gasteiger partial charge in [-0.05, 0) is 28.1 Å². The smallest absolute Gasteiger partial charge is 0.296 e. The first-order valence-electron chi connectivity index (χ1n) is 4.81. The van der Waals surface area contributed by atoms with Gasteiger partial charge in [-0.2, -0.15) is 0 Å². The average molecular weight is 278 g/mol. The van der Waals surface area contributed by atoms with Gasteiger partial charge < -0.3 is 0 Å². The Balaban J connectivity index is 2.76. The van der Waals surface area contributed by atoms with Gasteiger partial charge in [0.15, 0.2) is 5.65 Å². The summed E-state index contributed by atoms with van der Waals surface area (Å²) in [6.45, 7) is 0. The van der Waals surface area contributed by atoms with Crippen molar-refractivity contribution in [2.24, 2.45) is 7.05 Å². The number of imidazole rings is 1. The molecule has 4 nitrogen and oxygen atoms in total. The van der Waals surface area contributed by atoms with Crippen molar-refractivity contribution in [3.63, 3.8) is 0 Å². The Hall–Kier alpha value is -1.62. The van der Waals surface area contributed by atoms with E-state index in [1.165, 1.54) is 0 Å². The van der Waals surface area contributed by atoms with Crippen molar-refractivity contribution in [1.82, 2.24) is 14.0 Å². The minimum atomic E-state index is -0.0990. The Labute approximate surface area is 99.3 Å². The Morgan fingerprint density at radius 2 is 2.06 bits per heavy atom. The topological polar surface area (TPSA) is 39.3 Å². The summed E-state index contributed by atoms with van der Waals surface area (Å²) in [7, 11) is 1.76. The van der Waals surface area contributed by atoms with Crippen LogP contribution in [0, 0.1) is 0 Å². The van der Waals surface area contributed by atoms with Gasteiger partial charge in [-0.1, -0.05) is 12.1 Å². The van der Waals surface area contributed by atoms with Crippen molar-refractivity contribution in [2.45, 2.75) is 0 Å². The van der Waals surface area contributed by atoms with E-state index in [9.17, 15) is 4.79 Å². The van der Waals surface area contributed by atoms with Crippen LogP contribution in [0.2, 0.25) is 0 Å². The van der Waals surface area contributed by atoms with E-state index >= 15 is 0 Å². The molecule has 0 radical (unpaired) electrons. The standard InChI is InChI=1S/C11H8BrN3O/c1-14-8-5-3-2-4-7(8)10-13-6-9(12)15(10)11(14)16/h2-6H,1H3. The summed E-state index contributed by atoms with van der Waals surface area (Å²) < 4.78 is 3.85. The second-order valence-electron chi connectivity index (χ2n) is 3.60. The van der Waals surface area contributed by atoms with E-state index in [1.807, 2.05) is 24.3 Å². The van der Waals surface area contributed by atoms with Crippen molar-refractivity contribution in [1.29, 1.82) is 0 Å². The fourth-order valence-corrected chi connectivity index (χ4v) is 2.33. The summed E-state index contributed by atoms with van der Waals surface area (Å²) in [5.41, 5.74) is 1.47. The summed E-state index contributed by atoms with van der Waals surface area (Å²) in [5, 5.41) is 0.968. The van der Waals surface area contributed by atoms with Crippen molar-refractivity contribution in [3.05, 3.63) is 45.5 Å². The normalized spacial score (nSPS) is 11.4. The van der Waals surface area contributed by atoms with Crippen LogP contribution in [0.25, 0.3) is 16.6 Å². The summed E-state index contributed by atoms with van der Waals surface area (Å²) in [6, 6.07) is 7.73. The van der Waals surface area contributed by atoms with Crippen molar-refractivity contribution < 1.29 is 0 Å². The molecule has 0 aliphatic heterocycles. The molecular weight excluding hydrogens is 270 g/mol. The third-order valence-electron chi connectivity index (χ3n) is 2.70. The molecule has 0 N–H and O–H groups in total. The predicted molar refractivity (Wildman–Crippen MR) is 65.6 cm³/mol. The first kappa shape index (κ1) is 9.59. The number of benzene rings is 1. The second-order valence-corrected chi connectivity index (χ2v) is 4.41. The zero-order valence-electron chi connectivity index (χ0n) is 8.51. The van der Waals surface area contributed by atoms with Gasteiger partial charge in [-0.3, -0.25) is 4.57 Å². The molecule has 0 atom stereocenters. The number of aromatic nitrogens is 3. The predicted octanol–water partition coefficient (Wildman–Crippen LogP) is 1.95. The number of hydrogen-bond donors (Lipinski definition) is 0. The van der Waals surface area contributed by atoms with Gasteiger partial charge in [0.1, 0.15) is 4.60 Å². The maximum Gasteiger partial charge on any atom is 0.335 e. The van der Waals surface area contributed by atoms with E-state index in [1.54, 1.807) is 22.2 Å². The molecule has 3 aromatic rings. The molecule has 0 aliphatic carbocycles. The molecule has 0 spiro atoms. The van der Waals surface area contributed by atoms with E-state index in [0.717, 1.165) is 10.9 Å². The van der Waals surface area contributed by atoms with Crippen LogP contribution in [0.5, 0.6) is 0 Å². The average Bonchev–Trinajstić information content (AvgIpc) is 2.69. The molecule has 16 heavy (non-hydrogen) atoms. The van der Waals surface area contributed by atoms with Gasteiger partial charge in [0, 0.05) is 12.4 Å². The van der Waals surface area contributed by atoms with E-state index in [4.69, 9.17) is 0 Å². The lowest BCUT2D eigenvalue weighted by Crippen LogP contribution is -2.24. The number of fused-ring (bicyclic) bond motifs is 3. The molecule has 0 fully saturated rings. The zero-order chi connectivity index (χ0) is 11.3. The van der Waals surface area contributed by atoms with Crippen LogP contribution in [0.4, 0.5) is 0 Å². The van der Waals surface area contributed by atoms with Crippen molar-refractivity contribution >= 4 is 32.5 Å². The van der Waals surface area contributed by atoms with Crippen LogP contribution >= 0.6 is 15.9 Å². The minimum Gasteiger partial charge on any atom is -0.296 e. The molecule has 2 aromatic heterocycles. The summed E-state index contributed by atoms with van der Waals surface area (Å²) in [5.74, 6) is 0. The SMILES string of the molecule is Cn1c(=O)n2c(Br)cnc2c2ccccc21. The summed E-state index contributed by atoms with van der Waals surface area (Å²) >= 11 is 3.32. The first-order chi connectivity index (χ1) is 7.70. The van der Waals surface area contributed by atoms with Crippen molar-refractivity contribution in [2.75, 3.05) is 0 Å². The lowest BCUT2D eigenvalue weighted by atomic mass is 10.2. The molecule has 1 aromatic carbocycles. The molecule has 0 aliphatic rings. The number of hydrogen-bond acceptors (Lipinski definition) is 2. The Morgan fingerprint density at radius 1 is 1.31 bits per heavy atom. The molecule has 2 heterocycles. The zero-order valence-corrected chi connectivity index (χ0v) is 10.1. The largest absolute Gasteiger partial charge is 0.335 e. The second kappa shape index (κ2) is 3.18. The maximum absolute atomic E-state index is 12.1. The van der Waals surface area contributed by atoms with Crippen LogP contribution in [-0.4, -0.2) is 14.0 Å². The fraction of sp³-hybridized carbons (Fsp3) is 0.0909. The first-order valence-corrected chi connectivity index (χ1v) is 5.60. The third-order valence-corrected chi connectivity index (χ3v) is 3.26. The van der Waals surface area contributed by atoms with E-state index in [-0.39, 0.29) is 5.69 Å². The van der Waals surface area contributed by atoms with E-state index < -0.39 is 0 Å². The van der Waals surface area contributed by atoms with Gasteiger partial charge in [0.25, 0.3) is 0 Å². The molecule has 0 amide bonds. The molecule has 5 heteroatoms. The Kier molecular flexibility index (Phi) is 1.91. The van der Waals surface area contributed by atoms with Crippen molar-refractivity contribution in [3.8, 4) is 0 Å². The van der Waals surface area contributed by atoms with Crippen LogP contribution < -0.4 is 5.69 Å². The molecular formula is C11H8BrN3O. The highest BCUT2D eigenvalue weighted by Crippen LogP contribution is 2.19. The van der Waals surface area contributed by atoms with Gasteiger partial charge in [0.05, 0.1) is 11.7 Å². The van der Waals surface area contributed by atoms with Gasteiger partial charge >= 0.3 is 5.69 Å². The molecule has 3 rings (SSSR count). The Morgan fingerprint density at radius 3 is 2.88 bits per heavy atom. The number of halogens is 1. The number of nitrogens with zero attached hydrogens (tertiary/aromatic N) is 3. The molecule has 0 saturated carbocycles. The minimum absolute atomic E-state index is 0.0990. The number of para-hydroxylation sites is 1. The number of rotatable bonds is 0. The fourth-order valence-electron chi connectivity index (χ4n) is 1.91. The molecule has 0 saturated heterocycles. The van der Waals surface area contributed by atoms with Gasteiger partial charge in [-0.15, -0.1) is 0 Å². The van der Waals surface area contributed by atoms with Gasteiger partial charge in [-0.25, -0.2) is 14.2 Å². The molecule has 0 bridgehead atoms. The number of aryl methyl sites for hydroxylation is 1. The quantitative estimate of drug-likeness (QED) is 0.630. The summed E-state index contributed by atoms with van der Waals surface area (Å²) in [6.07, 6.45) is 1.64. The molecule has 0 unspecified atom stereocenters. The van der Waals surface area contributed by atoms with Crippen LogP contribution in [0.3, 0.4) is 0 Å². The molecule has 80 valence electrons. The lowest BCUT2D eigenvalue weighted by Gasteiger charge is -2.06. The van der Waals surface area contributed by atoms with Gasteiger partial charge in [0.2, 0.25) is 0 Å². The van der Waals surface area contributed by atoms with Crippen LogP contribution in [0.15, 0.2) is 39.9 Å². The highest BCUT2D eigenvalue weighted by Gasteiger charge is 2.10. The highest BCUT2D eigenvalue weighted by molar-refractivity contribution is 9.10. The maximum atomic E-state index is 12.1.